The first-order valence-electron chi connectivity index (χ1n) is 6.15. The van der Waals surface area contributed by atoms with E-state index in [1.807, 2.05) is 13.8 Å². The van der Waals surface area contributed by atoms with E-state index in [1.165, 1.54) is 6.21 Å². The van der Waals surface area contributed by atoms with Gasteiger partial charge in [-0.1, -0.05) is 19.0 Å². The van der Waals surface area contributed by atoms with Gasteiger partial charge in [-0.3, -0.25) is 9.59 Å². The SMILES string of the molecule is CC(C)(C)OC(C=O)ON=CC1[C@@H](C(=O)O)C1(C)C. The predicted octanol–water partition coefficient (Wildman–Crippen LogP) is 1.69. The van der Waals surface area contributed by atoms with E-state index in [9.17, 15) is 9.59 Å². The summed E-state index contributed by atoms with van der Waals surface area (Å²) in [5, 5.41) is 12.7. The first-order chi connectivity index (χ1) is 8.59. The lowest BCUT2D eigenvalue weighted by atomic mass is 10.1. The number of aldehydes is 1. The quantitative estimate of drug-likeness (QED) is 0.344. The molecule has 0 aromatic rings. The van der Waals surface area contributed by atoms with Crippen LogP contribution in [0.5, 0.6) is 0 Å². The minimum atomic E-state index is -1.08. The summed E-state index contributed by atoms with van der Waals surface area (Å²) in [4.78, 5) is 26.6. The van der Waals surface area contributed by atoms with Gasteiger partial charge in [-0.05, 0) is 26.2 Å². The van der Waals surface area contributed by atoms with Gasteiger partial charge in [0.25, 0.3) is 6.29 Å². The van der Waals surface area contributed by atoms with E-state index < -0.39 is 23.8 Å². The molecule has 0 radical (unpaired) electrons. The number of carboxylic acid groups (broad SMARTS) is 1. The molecule has 0 bridgehead atoms. The molecule has 2 unspecified atom stereocenters. The normalized spacial score (nSPS) is 27.0. The molecule has 1 aliphatic rings. The molecule has 0 heterocycles. The summed E-state index contributed by atoms with van der Waals surface area (Å²) in [6.07, 6.45) is 0.859. The number of hydrogen-bond acceptors (Lipinski definition) is 5. The second kappa shape index (κ2) is 5.28. The minimum Gasteiger partial charge on any atom is -0.481 e. The fourth-order valence-corrected chi connectivity index (χ4v) is 2.01. The molecule has 6 nitrogen and oxygen atoms in total. The number of nitrogens with zero attached hydrogens (tertiary/aromatic N) is 1. The van der Waals surface area contributed by atoms with Gasteiger partial charge in [0.1, 0.15) is 0 Å². The van der Waals surface area contributed by atoms with E-state index >= 15 is 0 Å². The summed E-state index contributed by atoms with van der Waals surface area (Å²) in [6.45, 7) is 9.08. The molecule has 1 N–H and O–H groups in total. The van der Waals surface area contributed by atoms with Crippen molar-refractivity contribution < 1.29 is 24.3 Å². The summed E-state index contributed by atoms with van der Waals surface area (Å²) >= 11 is 0. The molecule has 6 heteroatoms. The number of rotatable bonds is 6. The zero-order chi connectivity index (χ0) is 14.8. The third-order valence-corrected chi connectivity index (χ3v) is 3.14. The second-order valence-electron chi connectivity index (χ2n) is 6.26. The molecular weight excluding hydrogens is 250 g/mol. The van der Waals surface area contributed by atoms with Gasteiger partial charge in [0.05, 0.1) is 11.5 Å². The molecule has 0 aliphatic heterocycles. The van der Waals surface area contributed by atoms with Crippen LogP contribution in [-0.4, -0.2) is 35.5 Å². The van der Waals surface area contributed by atoms with Crippen LogP contribution in [0.2, 0.25) is 0 Å². The minimum absolute atomic E-state index is 0.188. The Morgan fingerprint density at radius 1 is 1.42 bits per heavy atom. The maximum Gasteiger partial charge on any atom is 0.307 e. The van der Waals surface area contributed by atoms with Crippen LogP contribution in [0.1, 0.15) is 34.6 Å². The maximum atomic E-state index is 10.9. The Morgan fingerprint density at radius 2 is 2.00 bits per heavy atom. The van der Waals surface area contributed by atoms with Gasteiger partial charge >= 0.3 is 5.97 Å². The lowest BCUT2D eigenvalue weighted by Gasteiger charge is -2.22. The van der Waals surface area contributed by atoms with Crippen LogP contribution in [-0.2, 0) is 19.2 Å². The highest BCUT2D eigenvalue weighted by atomic mass is 16.8. The monoisotopic (exact) mass is 271 g/mol. The van der Waals surface area contributed by atoms with Crippen molar-refractivity contribution in [1.82, 2.24) is 0 Å². The highest BCUT2D eigenvalue weighted by Gasteiger charge is 2.61. The number of carboxylic acids is 1. The van der Waals surface area contributed by atoms with Crippen molar-refractivity contribution in [2.75, 3.05) is 0 Å². The van der Waals surface area contributed by atoms with E-state index in [1.54, 1.807) is 20.8 Å². The number of aliphatic carboxylic acids is 1. The Morgan fingerprint density at radius 3 is 2.37 bits per heavy atom. The van der Waals surface area contributed by atoms with Gasteiger partial charge in [0.15, 0.2) is 6.29 Å². The van der Waals surface area contributed by atoms with Crippen molar-refractivity contribution in [1.29, 1.82) is 0 Å². The van der Waals surface area contributed by atoms with Crippen LogP contribution < -0.4 is 0 Å². The van der Waals surface area contributed by atoms with E-state index in [2.05, 4.69) is 5.16 Å². The van der Waals surface area contributed by atoms with Crippen molar-refractivity contribution in [2.45, 2.75) is 46.5 Å². The van der Waals surface area contributed by atoms with Crippen LogP contribution in [0.3, 0.4) is 0 Å². The van der Waals surface area contributed by atoms with Crippen LogP contribution >= 0.6 is 0 Å². The first kappa shape index (κ1) is 15.6. The standard InChI is InChI=1S/C13H21NO5/c1-12(2,3)18-9(7-15)19-14-6-8-10(11(16)17)13(8,4)5/h6-10H,1-5H3,(H,16,17)/t8?,9?,10-/m0/s1. The van der Waals surface area contributed by atoms with E-state index in [0.717, 1.165) is 0 Å². The van der Waals surface area contributed by atoms with Gasteiger partial charge in [0.2, 0.25) is 0 Å². The van der Waals surface area contributed by atoms with Gasteiger partial charge in [-0.2, -0.15) is 0 Å². The Labute approximate surface area is 112 Å². The molecule has 0 aromatic carbocycles. The maximum absolute atomic E-state index is 10.9. The zero-order valence-electron chi connectivity index (χ0n) is 11.9. The van der Waals surface area contributed by atoms with Crippen LogP contribution in [0.25, 0.3) is 0 Å². The Bertz CT molecular complexity index is 383. The molecule has 0 aromatic heterocycles. The lowest BCUT2D eigenvalue weighted by molar-refractivity contribution is -0.189. The molecule has 0 amide bonds. The highest BCUT2D eigenvalue weighted by Crippen LogP contribution is 2.57. The second-order valence-corrected chi connectivity index (χ2v) is 6.26. The van der Waals surface area contributed by atoms with Gasteiger partial charge < -0.3 is 14.7 Å². The topological polar surface area (TPSA) is 85.2 Å². The largest absolute Gasteiger partial charge is 0.481 e. The van der Waals surface area contributed by atoms with Crippen molar-refractivity contribution in [3.05, 3.63) is 0 Å². The predicted molar refractivity (Wildman–Crippen MR) is 68.7 cm³/mol. The van der Waals surface area contributed by atoms with E-state index in [-0.39, 0.29) is 11.3 Å². The van der Waals surface area contributed by atoms with Crippen LogP contribution in [0, 0.1) is 17.3 Å². The zero-order valence-corrected chi connectivity index (χ0v) is 11.9. The Kier molecular flexibility index (Phi) is 4.35. The number of carbonyl (C=O) groups is 2. The molecule has 3 atom stereocenters. The molecule has 1 saturated carbocycles. The molecule has 0 spiro atoms. The van der Waals surface area contributed by atoms with Crippen LogP contribution in [0.15, 0.2) is 5.16 Å². The molecule has 19 heavy (non-hydrogen) atoms. The Hall–Kier alpha value is -1.43. The fraction of sp³-hybridized carbons (Fsp3) is 0.769. The first-order valence-corrected chi connectivity index (χ1v) is 6.15. The third kappa shape index (κ3) is 4.02. The summed E-state index contributed by atoms with van der Waals surface area (Å²) in [5.41, 5.74) is -0.857. The number of oxime groups is 1. The molecular formula is C13H21NO5. The van der Waals surface area contributed by atoms with Crippen molar-refractivity contribution in [3.63, 3.8) is 0 Å². The van der Waals surface area contributed by atoms with Crippen molar-refractivity contribution >= 4 is 18.5 Å². The summed E-state index contributed by atoms with van der Waals surface area (Å²) < 4.78 is 5.30. The number of hydrogen-bond donors (Lipinski definition) is 1. The molecule has 1 aliphatic carbocycles. The van der Waals surface area contributed by atoms with Crippen LogP contribution in [0.4, 0.5) is 0 Å². The van der Waals surface area contributed by atoms with Gasteiger partial charge in [-0.15, -0.1) is 0 Å². The highest BCUT2D eigenvalue weighted by molar-refractivity contribution is 5.84. The molecule has 1 fully saturated rings. The fourth-order valence-electron chi connectivity index (χ4n) is 2.01. The van der Waals surface area contributed by atoms with E-state index in [0.29, 0.717) is 6.29 Å². The van der Waals surface area contributed by atoms with E-state index in [4.69, 9.17) is 14.7 Å². The van der Waals surface area contributed by atoms with Gasteiger partial charge in [0, 0.05) is 12.1 Å². The summed E-state index contributed by atoms with van der Waals surface area (Å²) in [7, 11) is 0. The average Bonchev–Trinajstić information content (AvgIpc) is 2.77. The van der Waals surface area contributed by atoms with Crippen molar-refractivity contribution in [3.8, 4) is 0 Å². The van der Waals surface area contributed by atoms with Crippen molar-refractivity contribution in [2.24, 2.45) is 22.4 Å². The number of carbonyl (C=O) groups excluding carboxylic acids is 1. The molecule has 108 valence electrons. The Balaban J connectivity index is 2.50. The molecule has 1 rings (SSSR count). The lowest BCUT2D eigenvalue weighted by Crippen LogP contribution is -2.29. The third-order valence-electron chi connectivity index (χ3n) is 3.14. The molecule has 0 saturated heterocycles. The van der Waals surface area contributed by atoms with Gasteiger partial charge in [-0.25, -0.2) is 0 Å². The summed E-state index contributed by atoms with van der Waals surface area (Å²) in [6, 6.07) is 0. The average molecular weight is 271 g/mol. The smallest absolute Gasteiger partial charge is 0.307 e. The number of ether oxygens (including phenoxy) is 1. The summed E-state index contributed by atoms with van der Waals surface area (Å²) in [5.74, 6) is -1.50.